The Kier molecular flexibility index (Phi) is 5.56. The number of nitrogens with one attached hydrogen (secondary N) is 1. The monoisotopic (exact) mass is 385 g/mol. The summed E-state index contributed by atoms with van der Waals surface area (Å²) >= 11 is 0. The minimum atomic E-state index is -0.0979. The third-order valence-electron chi connectivity index (χ3n) is 4.70. The summed E-state index contributed by atoms with van der Waals surface area (Å²) < 4.78 is 7.76. The summed E-state index contributed by atoms with van der Waals surface area (Å²) in [7, 11) is 0. The van der Waals surface area contributed by atoms with Gasteiger partial charge in [-0.1, -0.05) is 30.3 Å². The molecule has 0 aliphatic rings. The minimum Gasteiger partial charge on any atom is -0.489 e. The van der Waals surface area contributed by atoms with Crippen LogP contribution < -0.4 is 10.1 Å². The van der Waals surface area contributed by atoms with E-state index in [1.807, 2.05) is 78.3 Å². The van der Waals surface area contributed by atoms with E-state index in [4.69, 9.17) is 4.74 Å². The van der Waals surface area contributed by atoms with E-state index < -0.39 is 0 Å². The number of amides is 1. The van der Waals surface area contributed by atoms with Gasteiger partial charge >= 0.3 is 0 Å². The zero-order chi connectivity index (χ0) is 20.1. The number of aryl methyl sites for hydroxylation is 1. The second-order valence-corrected chi connectivity index (χ2v) is 7.01. The molecule has 146 valence electrons. The molecule has 2 aromatic heterocycles. The zero-order valence-corrected chi connectivity index (χ0v) is 16.3. The maximum atomic E-state index is 12.4. The molecule has 4 aromatic rings. The highest BCUT2D eigenvalue weighted by Crippen LogP contribution is 2.14. The lowest BCUT2D eigenvalue weighted by Crippen LogP contribution is -2.25. The van der Waals surface area contributed by atoms with Crippen molar-refractivity contribution < 1.29 is 9.53 Å². The van der Waals surface area contributed by atoms with Gasteiger partial charge in [-0.2, -0.15) is 0 Å². The highest BCUT2D eigenvalue weighted by Gasteiger charge is 2.07. The molecule has 0 fully saturated rings. The van der Waals surface area contributed by atoms with E-state index in [1.54, 1.807) is 12.1 Å². The molecule has 0 aliphatic carbocycles. The number of fused-ring (bicyclic) bond motifs is 1. The Labute approximate surface area is 170 Å². The highest BCUT2D eigenvalue weighted by molar-refractivity contribution is 5.94. The molecular weight excluding hydrogens is 362 g/mol. The minimum absolute atomic E-state index is 0.0979. The van der Waals surface area contributed by atoms with Crippen LogP contribution in [0.4, 0.5) is 0 Å². The van der Waals surface area contributed by atoms with Gasteiger partial charge in [0.15, 0.2) is 0 Å². The number of hydrogen-bond acceptors (Lipinski definition) is 3. The molecule has 0 aliphatic heterocycles. The summed E-state index contributed by atoms with van der Waals surface area (Å²) in [6.45, 7) is 3.09. The topological polar surface area (TPSA) is 55.6 Å². The van der Waals surface area contributed by atoms with E-state index in [1.165, 1.54) is 5.56 Å². The van der Waals surface area contributed by atoms with E-state index >= 15 is 0 Å². The average Bonchev–Trinajstić information content (AvgIpc) is 3.15. The van der Waals surface area contributed by atoms with Gasteiger partial charge in [0.1, 0.15) is 18.0 Å². The van der Waals surface area contributed by atoms with E-state index in [0.29, 0.717) is 25.1 Å². The van der Waals surface area contributed by atoms with Crippen LogP contribution in [-0.2, 0) is 13.0 Å². The van der Waals surface area contributed by atoms with Gasteiger partial charge < -0.3 is 14.5 Å². The maximum absolute atomic E-state index is 12.4. The van der Waals surface area contributed by atoms with Crippen LogP contribution in [0.25, 0.3) is 5.65 Å². The van der Waals surface area contributed by atoms with Crippen molar-refractivity contribution in [1.29, 1.82) is 0 Å². The molecule has 0 unspecified atom stereocenters. The number of carbonyl (C=O) groups is 1. The summed E-state index contributed by atoms with van der Waals surface area (Å²) in [6, 6.07) is 21.3. The van der Waals surface area contributed by atoms with Gasteiger partial charge in [0.25, 0.3) is 5.91 Å². The van der Waals surface area contributed by atoms with Crippen LogP contribution in [0.1, 0.15) is 27.2 Å². The fourth-order valence-corrected chi connectivity index (χ4v) is 3.11. The van der Waals surface area contributed by atoms with Crippen molar-refractivity contribution in [2.24, 2.45) is 0 Å². The molecule has 2 aromatic carbocycles. The van der Waals surface area contributed by atoms with E-state index in [0.717, 1.165) is 22.7 Å². The van der Waals surface area contributed by atoms with E-state index in [2.05, 4.69) is 10.3 Å². The quantitative estimate of drug-likeness (QED) is 0.519. The zero-order valence-electron chi connectivity index (χ0n) is 16.3. The normalized spacial score (nSPS) is 10.8. The van der Waals surface area contributed by atoms with Crippen molar-refractivity contribution >= 4 is 11.6 Å². The van der Waals surface area contributed by atoms with Crippen LogP contribution in [0, 0.1) is 6.92 Å². The van der Waals surface area contributed by atoms with Crippen LogP contribution in [0.5, 0.6) is 5.75 Å². The Bertz CT molecular complexity index is 1100. The first-order valence-electron chi connectivity index (χ1n) is 9.66. The van der Waals surface area contributed by atoms with Crippen molar-refractivity contribution in [3.05, 3.63) is 102 Å². The number of hydrogen-bond donors (Lipinski definition) is 1. The predicted octanol–water partition coefficient (Wildman–Crippen LogP) is 4.19. The predicted molar refractivity (Wildman–Crippen MR) is 113 cm³/mol. The summed E-state index contributed by atoms with van der Waals surface area (Å²) in [5.41, 5.74) is 4.79. The lowest BCUT2D eigenvalue weighted by atomic mass is 10.2. The molecule has 0 radical (unpaired) electrons. The SMILES string of the molecule is Cc1ccn2cc(CCNC(=O)c3ccc(OCc4ccccc4)cc3)nc2c1. The van der Waals surface area contributed by atoms with Gasteiger partial charge in [0.2, 0.25) is 0 Å². The molecule has 0 atom stereocenters. The standard InChI is InChI=1S/C24H23N3O2/c1-18-12-14-27-16-21(26-23(27)15-18)11-13-25-24(28)20-7-9-22(10-8-20)29-17-19-5-3-2-4-6-19/h2-10,12,14-16H,11,13,17H2,1H3,(H,25,28). The molecule has 0 bridgehead atoms. The number of imidazole rings is 1. The van der Waals surface area contributed by atoms with Gasteiger partial charge in [-0.05, 0) is 54.4 Å². The van der Waals surface area contributed by atoms with Gasteiger partial charge in [0, 0.05) is 30.9 Å². The van der Waals surface area contributed by atoms with E-state index in [9.17, 15) is 4.79 Å². The third-order valence-corrected chi connectivity index (χ3v) is 4.70. The second-order valence-electron chi connectivity index (χ2n) is 7.01. The van der Waals surface area contributed by atoms with Crippen molar-refractivity contribution in [2.75, 3.05) is 6.54 Å². The number of nitrogens with zero attached hydrogens (tertiary/aromatic N) is 2. The molecule has 4 rings (SSSR count). The molecule has 0 saturated heterocycles. The van der Waals surface area contributed by atoms with Crippen LogP contribution in [0.3, 0.4) is 0 Å². The number of carbonyl (C=O) groups excluding carboxylic acids is 1. The van der Waals surface area contributed by atoms with Crippen molar-refractivity contribution in [1.82, 2.24) is 14.7 Å². The van der Waals surface area contributed by atoms with Crippen LogP contribution in [-0.4, -0.2) is 21.8 Å². The molecule has 1 amide bonds. The Balaban J connectivity index is 1.27. The molecule has 2 heterocycles. The highest BCUT2D eigenvalue weighted by atomic mass is 16.5. The van der Waals surface area contributed by atoms with Crippen molar-refractivity contribution in [3.63, 3.8) is 0 Å². The lowest BCUT2D eigenvalue weighted by molar-refractivity contribution is 0.0954. The summed E-state index contributed by atoms with van der Waals surface area (Å²) in [6.07, 6.45) is 4.69. The molecule has 29 heavy (non-hydrogen) atoms. The Morgan fingerprint density at radius 3 is 2.66 bits per heavy atom. The number of ether oxygens (including phenoxy) is 1. The van der Waals surface area contributed by atoms with E-state index in [-0.39, 0.29) is 5.91 Å². The smallest absolute Gasteiger partial charge is 0.251 e. The van der Waals surface area contributed by atoms with Crippen LogP contribution in [0.2, 0.25) is 0 Å². The van der Waals surface area contributed by atoms with Crippen molar-refractivity contribution in [3.8, 4) is 5.75 Å². The first-order valence-corrected chi connectivity index (χ1v) is 9.66. The second kappa shape index (κ2) is 8.61. The summed E-state index contributed by atoms with van der Waals surface area (Å²) in [5.74, 6) is 0.643. The molecular formula is C24H23N3O2. The fourth-order valence-electron chi connectivity index (χ4n) is 3.11. The summed E-state index contributed by atoms with van der Waals surface area (Å²) in [5, 5.41) is 2.95. The first-order chi connectivity index (χ1) is 14.2. The Morgan fingerprint density at radius 1 is 1.07 bits per heavy atom. The number of aromatic nitrogens is 2. The Morgan fingerprint density at radius 2 is 1.86 bits per heavy atom. The van der Waals surface area contributed by atoms with Crippen molar-refractivity contribution in [2.45, 2.75) is 20.0 Å². The molecule has 5 heteroatoms. The van der Waals surface area contributed by atoms with Gasteiger partial charge in [-0.25, -0.2) is 4.98 Å². The maximum Gasteiger partial charge on any atom is 0.251 e. The third kappa shape index (κ3) is 4.82. The molecule has 0 spiro atoms. The fraction of sp³-hybridized carbons (Fsp3) is 0.167. The average molecular weight is 385 g/mol. The lowest BCUT2D eigenvalue weighted by Gasteiger charge is -2.08. The molecule has 0 saturated carbocycles. The molecule has 5 nitrogen and oxygen atoms in total. The Hall–Kier alpha value is -3.60. The first kappa shape index (κ1) is 18.7. The number of pyridine rings is 1. The number of benzene rings is 2. The number of rotatable bonds is 7. The van der Waals surface area contributed by atoms with Crippen LogP contribution >= 0.6 is 0 Å². The van der Waals surface area contributed by atoms with Gasteiger partial charge in [-0.15, -0.1) is 0 Å². The van der Waals surface area contributed by atoms with Gasteiger partial charge in [0.05, 0.1) is 5.69 Å². The largest absolute Gasteiger partial charge is 0.489 e. The molecule has 1 N–H and O–H groups in total. The van der Waals surface area contributed by atoms with Gasteiger partial charge in [-0.3, -0.25) is 4.79 Å². The summed E-state index contributed by atoms with van der Waals surface area (Å²) in [4.78, 5) is 17.0. The van der Waals surface area contributed by atoms with Crippen LogP contribution in [0.15, 0.2) is 79.1 Å².